The average Bonchev–Trinajstić information content (AvgIpc) is 3.21. The number of ether oxygens (including phenoxy) is 1. The second-order valence-electron chi connectivity index (χ2n) is 5.29. The molecule has 1 N–H and O–H groups in total. The number of rotatable bonds is 8. The zero-order valence-corrected chi connectivity index (χ0v) is 11.9. The minimum Gasteiger partial charge on any atom is -0.493 e. The highest BCUT2D eigenvalue weighted by Crippen LogP contribution is 2.18. The van der Waals surface area contributed by atoms with Crippen LogP contribution in [-0.4, -0.2) is 24.3 Å². The van der Waals surface area contributed by atoms with Gasteiger partial charge in [-0.15, -0.1) is 0 Å². The summed E-state index contributed by atoms with van der Waals surface area (Å²) in [5, 5.41) is 2.93. The van der Waals surface area contributed by atoms with Gasteiger partial charge >= 0.3 is 0 Å². The van der Waals surface area contributed by atoms with Gasteiger partial charge in [0.05, 0.1) is 13.0 Å². The predicted octanol–water partition coefficient (Wildman–Crippen LogP) is 2.26. The molecule has 0 aromatic heterocycles. The van der Waals surface area contributed by atoms with Gasteiger partial charge in [0, 0.05) is 12.5 Å². The Balaban J connectivity index is 1.67. The summed E-state index contributed by atoms with van der Waals surface area (Å²) in [6.07, 6.45) is 3.94. The molecule has 1 aromatic carbocycles. The summed E-state index contributed by atoms with van der Waals surface area (Å²) in [7, 11) is 0. The van der Waals surface area contributed by atoms with Crippen LogP contribution in [0.15, 0.2) is 24.3 Å². The van der Waals surface area contributed by atoms with Crippen LogP contribution in [0.5, 0.6) is 5.75 Å². The molecule has 4 nitrogen and oxygen atoms in total. The maximum absolute atomic E-state index is 11.5. The first-order valence-corrected chi connectivity index (χ1v) is 7.14. The molecule has 0 heterocycles. The number of carbonyl (C=O) groups excluding carboxylic acids is 2. The van der Waals surface area contributed by atoms with Gasteiger partial charge < -0.3 is 14.8 Å². The molecular formula is C16H21NO3. The van der Waals surface area contributed by atoms with E-state index in [4.69, 9.17) is 4.74 Å². The van der Waals surface area contributed by atoms with E-state index in [0.29, 0.717) is 25.5 Å². The molecule has 0 atom stereocenters. The van der Waals surface area contributed by atoms with Crippen LogP contribution in [0.25, 0.3) is 0 Å². The minimum atomic E-state index is 0.0607. The van der Waals surface area contributed by atoms with Crippen molar-refractivity contribution in [1.29, 1.82) is 0 Å². The van der Waals surface area contributed by atoms with Crippen molar-refractivity contribution < 1.29 is 14.3 Å². The average molecular weight is 275 g/mol. The lowest BCUT2D eigenvalue weighted by Gasteiger charge is -2.07. The highest BCUT2D eigenvalue weighted by molar-refractivity contribution is 5.76. The van der Waals surface area contributed by atoms with E-state index in [2.05, 4.69) is 5.32 Å². The largest absolute Gasteiger partial charge is 0.493 e. The number of Topliss-reactive ketones (excluding diaryl/α,β-unsaturated/α-hetero) is 1. The monoisotopic (exact) mass is 275 g/mol. The van der Waals surface area contributed by atoms with E-state index in [0.717, 1.165) is 30.6 Å². The quantitative estimate of drug-likeness (QED) is 0.791. The van der Waals surface area contributed by atoms with Crippen molar-refractivity contribution in [3.63, 3.8) is 0 Å². The molecule has 0 bridgehead atoms. The van der Waals surface area contributed by atoms with E-state index >= 15 is 0 Å². The Morgan fingerprint density at radius 2 is 1.90 bits per heavy atom. The first-order chi connectivity index (χ1) is 9.63. The second-order valence-corrected chi connectivity index (χ2v) is 5.29. The molecule has 0 radical (unpaired) electrons. The van der Waals surface area contributed by atoms with E-state index in [-0.39, 0.29) is 11.7 Å². The van der Waals surface area contributed by atoms with Crippen LogP contribution in [0.3, 0.4) is 0 Å². The van der Waals surface area contributed by atoms with Crippen LogP contribution >= 0.6 is 0 Å². The molecule has 1 aromatic rings. The molecule has 1 saturated carbocycles. The minimum absolute atomic E-state index is 0.0607. The van der Waals surface area contributed by atoms with Gasteiger partial charge in [-0.3, -0.25) is 4.79 Å². The molecule has 2 rings (SSSR count). The summed E-state index contributed by atoms with van der Waals surface area (Å²) in [5.74, 6) is 1.02. The Morgan fingerprint density at radius 1 is 1.20 bits per heavy atom. The van der Waals surface area contributed by atoms with Gasteiger partial charge in [0.1, 0.15) is 11.5 Å². The first-order valence-electron chi connectivity index (χ1n) is 7.14. The molecule has 1 aliphatic carbocycles. The highest BCUT2D eigenvalue weighted by atomic mass is 16.5. The standard InChI is InChI=1S/C16H21NO3/c1-12(18)2-3-13-4-8-15(9-5-13)20-11-10-16(19)17-14-6-7-14/h4-5,8-9,14H,2-3,6-7,10-11H2,1H3,(H,17,19). The van der Waals surface area contributed by atoms with Crippen LogP contribution < -0.4 is 10.1 Å². The summed E-state index contributed by atoms with van der Waals surface area (Å²) < 4.78 is 5.53. The van der Waals surface area contributed by atoms with Gasteiger partial charge in [0.2, 0.25) is 5.91 Å². The van der Waals surface area contributed by atoms with Gasteiger partial charge in [-0.05, 0) is 43.9 Å². The lowest BCUT2D eigenvalue weighted by atomic mass is 10.1. The Kier molecular flexibility index (Phi) is 5.16. The number of benzene rings is 1. The molecule has 0 aliphatic heterocycles. The molecule has 0 unspecified atom stereocenters. The van der Waals surface area contributed by atoms with Gasteiger partial charge in [0.25, 0.3) is 0 Å². The topological polar surface area (TPSA) is 55.4 Å². The van der Waals surface area contributed by atoms with Crippen LogP contribution in [0.4, 0.5) is 0 Å². The van der Waals surface area contributed by atoms with E-state index in [1.54, 1.807) is 6.92 Å². The molecule has 1 aliphatic rings. The SMILES string of the molecule is CC(=O)CCc1ccc(OCCC(=O)NC2CC2)cc1. The molecule has 20 heavy (non-hydrogen) atoms. The van der Waals surface area contributed by atoms with Crippen LogP contribution in [-0.2, 0) is 16.0 Å². The Labute approximate surface area is 119 Å². The van der Waals surface area contributed by atoms with E-state index in [1.165, 1.54) is 0 Å². The summed E-state index contributed by atoms with van der Waals surface area (Å²) in [4.78, 5) is 22.4. The van der Waals surface area contributed by atoms with Crippen LogP contribution in [0.2, 0.25) is 0 Å². The third-order valence-corrected chi connectivity index (χ3v) is 3.23. The summed E-state index contributed by atoms with van der Waals surface area (Å²) >= 11 is 0. The van der Waals surface area contributed by atoms with Crippen LogP contribution in [0, 0.1) is 0 Å². The molecule has 4 heteroatoms. The fourth-order valence-corrected chi connectivity index (χ4v) is 1.86. The lowest BCUT2D eigenvalue weighted by molar-refractivity contribution is -0.121. The smallest absolute Gasteiger partial charge is 0.223 e. The van der Waals surface area contributed by atoms with Crippen molar-refractivity contribution in [1.82, 2.24) is 5.32 Å². The number of carbonyl (C=O) groups is 2. The third kappa shape index (κ3) is 5.43. The fourth-order valence-electron chi connectivity index (χ4n) is 1.86. The maximum Gasteiger partial charge on any atom is 0.223 e. The summed E-state index contributed by atoms with van der Waals surface area (Å²) in [6.45, 7) is 2.00. The second kappa shape index (κ2) is 7.08. The Bertz CT molecular complexity index is 463. The molecule has 0 saturated heterocycles. The van der Waals surface area contributed by atoms with Crippen LogP contribution in [0.1, 0.15) is 38.2 Å². The molecule has 1 fully saturated rings. The van der Waals surface area contributed by atoms with Gasteiger partial charge in [0.15, 0.2) is 0 Å². The van der Waals surface area contributed by atoms with Crippen molar-refractivity contribution in [2.75, 3.05) is 6.61 Å². The normalized spacial score (nSPS) is 13.8. The maximum atomic E-state index is 11.5. The predicted molar refractivity (Wildman–Crippen MR) is 76.7 cm³/mol. The van der Waals surface area contributed by atoms with Gasteiger partial charge in [-0.1, -0.05) is 12.1 Å². The number of hydrogen-bond donors (Lipinski definition) is 1. The summed E-state index contributed by atoms with van der Waals surface area (Å²) in [6, 6.07) is 8.09. The van der Waals surface area contributed by atoms with Gasteiger partial charge in [-0.2, -0.15) is 0 Å². The molecule has 1 amide bonds. The van der Waals surface area contributed by atoms with E-state index in [1.807, 2.05) is 24.3 Å². The Hall–Kier alpha value is -1.84. The lowest BCUT2D eigenvalue weighted by Crippen LogP contribution is -2.26. The summed E-state index contributed by atoms with van der Waals surface area (Å²) in [5.41, 5.74) is 1.12. The Morgan fingerprint density at radius 3 is 2.50 bits per heavy atom. The highest BCUT2D eigenvalue weighted by Gasteiger charge is 2.22. The zero-order valence-electron chi connectivity index (χ0n) is 11.9. The van der Waals surface area contributed by atoms with Crippen molar-refractivity contribution >= 4 is 11.7 Å². The number of hydrogen-bond acceptors (Lipinski definition) is 3. The van der Waals surface area contributed by atoms with E-state index < -0.39 is 0 Å². The van der Waals surface area contributed by atoms with Crippen molar-refractivity contribution in [2.45, 2.75) is 45.1 Å². The first kappa shape index (κ1) is 14.6. The number of amides is 1. The van der Waals surface area contributed by atoms with Gasteiger partial charge in [-0.25, -0.2) is 0 Å². The number of nitrogens with one attached hydrogen (secondary N) is 1. The van der Waals surface area contributed by atoms with E-state index in [9.17, 15) is 9.59 Å². The molecular weight excluding hydrogens is 254 g/mol. The molecule has 0 spiro atoms. The van der Waals surface area contributed by atoms with Crippen molar-refractivity contribution in [3.8, 4) is 5.75 Å². The number of ketones is 1. The molecule has 108 valence electrons. The number of aryl methyl sites for hydroxylation is 1. The van der Waals surface area contributed by atoms with Crippen molar-refractivity contribution in [3.05, 3.63) is 29.8 Å². The fraction of sp³-hybridized carbons (Fsp3) is 0.500. The zero-order chi connectivity index (χ0) is 14.4. The van der Waals surface area contributed by atoms with Crippen molar-refractivity contribution in [2.24, 2.45) is 0 Å². The third-order valence-electron chi connectivity index (χ3n) is 3.23.